The Morgan fingerprint density at radius 2 is 0.975 bits per heavy atom. The fourth-order valence-corrected chi connectivity index (χ4v) is 5.40. The molecule has 0 spiro atoms. The van der Waals surface area contributed by atoms with Crippen LogP contribution in [-0.4, -0.2) is 13.6 Å². The third-order valence-electron chi connectivity index (χ3n) is 7.65. The molecule has 5 aromatic carbocycles. The molecule has 0 amide bonds. The van der Waals surface area contributed by atoms with E-state index < -0.39 is 0 Å². The molecule has 2 heteroatoms. The van der Waals surface area contributed by atoms with Gasteiger partial charge < -0.3 is 9.80 Å². The van der Waals surface area contributed by atoms with Crippen LogP contribution in [0, 0.1) is 5.92 Å². The number of hydrogen-bond acceptors (Lipinski definition) is 2. The predicted molar refractivity (Wildman–Crippen MR) is 171 cm³/mol. The number of rotatable bonds is 8. The number of para-hydroxylation sites is 1. The number of hydrogen-bond donors (Lipinski definition) is 0. The molecule has 196 valence electrons. The molecule has 40 heavy (non-hydrogen) atoms. The largest absolute Gasteiger partial charge is 0.345 e. The SMILES string of the molecule is CN(C1=CC(CN(c2ccc(-c3ccccc3)cc2)c2ccc(-c3ccccc3)cc2)CC=C1)c1ccccc1. The Balaban J connectivity index is 1.30. The Kier molecular flexibility index (Phi) is 7.59. The van der Waals surface area contributed by atoms with Crippen LogP contribution >= 0.6 is 0 Å². The molecule has 0 aromatic heterocycles. The molecule has 0 heterocycles. The van der Waals surface area contributed by atoms with Gasteiger partial charge in [-0.1, -0.05) is 115 Å². The summed E-state index contributed by atoms with van der Waals surface area (Å²) in [6.07, 6.45) is 8.01. The molecule has 0 bridgehead atoms. The van der Waals surface area contributed by atoms with Gasteiger partial charge in [-0.05, 0) is 71.1 Å². The van der Waals surface area contributed by atoms with Gasteiger partial charge in [-0.3, -0.25) is 0 Å². The summed E-state index contributed by atoms with van der Waals surface area (Å²) < 4.78 is 0. The van der Waals surface area contributed by atoms with E-state index in [9.17, 15) is 0 Å². The summed E-state index contributed by atoms with van der Waals surface area (Å²) in [5.41, 5.74) is 9.78. The smallest absolute Gasteiger partial charge is 0.0411 e. The summed E-state index contributed by atoms with van der Waals surface area (Å²) in [6, 6.07) is 49.7. The Morgan fingerprint density at radius 3 is 1.48 bits per heavy atom. The van der Waals surface area contributed by atoms with Gasteiger partial charge in [0.25, 0.3) is 0 Å². The third-order valence-corrected chi connectivity index (χ3v) is 7.65. The lowest BCUT2D eigenvalue weighted by molar-refractivity contribution is 0.649. The molecule has 1 atom stereocenters. The van der Waals surface area contributed by atoms with E-state index >= 15 is 0 Å². The first-order valence-corrected chi connectivity index (χ1v) is 14.0. The van der Waals surface area contributed by atoms with Crippen molar-refractivity contribution in [3.05, 3.63) is 163 Å². The molecule has 0 radical (unpaired) electrons. The summed E-state index contributed by atoms with van der Waals surface area (Å²) in [5, 5.41) is 0. The molecule has 1 unspecified atom stereocenters. The lowest BCUT2D eigenvalue weighted by Gasteiger charge is -2.31. The minimum absolute atomic E-state index is 0.383. The summed E-state index contributed by atoms with van der Waals surface area (Å²) in [4.78, 5) is 4.74. The zero-order valence-corrected chi connectivity index (χ0v) is 22.9. The van der Waals surface area contributed by atoms with Crippen LogP contribution in [0.4, 0.5) is 17.1 Å². The average Bonchev–Trinajstić information content (AvgIpc) is 3.05. The Morgan fingerprint density at radius 1 is 0.525 bits per heavy atom. The van der Waals surface area contributed by atoms with E-state index in [0.717, 1.165) is 13.0 Å². The van der Waals surface area contributed by atoms with Crippen molar-refractivity contribution in [3.8, 4) is 22.3 Å². The highest BCUT2D eigenvalue weighted by molar-refractivity contribution is 5.72. The molecule has 5 aromatic rings. The van der Waals surface area contributed by atoms with Gasteiger partial charge in [-0.2, -0.15) is 0 Å². The van der Waals surface area contributed by atoms with Crippen molar-refractivity contribution < 1.29 is 0 Å². The summed E-state index contributed by atoms with van der Waals surface area (Å²) in [7, 11) is 2.15. The van der Waals surface area contributed by atoms with E-state index in [1.54, 1.807) is 0 Å². The lowest BCUT2D eigenvalue weighted by atomic mass is 9.96. The van der Waals surface area contributed by atoms with Gasteiger partial charge in [0.1, 0.15) is 0 Å². The molecular formula is C38H34N2. The van der Waals surface area contributed by atoms with Gasteiger partial charge in [0.05, 0.1) is 0 Å². The molecule has 0 saturated carbocycles. The molecule has 2 nitrogen and oxygen atoms in total. The molecule has 1 aliphatic carbocycles. The topological polar surface area (TPSA) is 6.48 Å². The average molecular weight is 519 g/mol. The van der Waals surface area contributed by atoms with Crippen LogP contribution in [0.25, 0.3) is 22.3 Å². The fraction of sp³-hybridized carbons (Fsp3) is 0.105. The van der Waals surface area contributed by atoms with Crippen molar-refractivity contribution in [2.24, 2.45) is 5.92 Å². The summed E-state index contributed by atoms with van der Waals surface area (Å²) in [6.45, 7) is 0.895. The summed E-state index contributed by atoms with van der Waals surface area (Å²) >= 11 is 0. The van der Waals surface area contributed by atoms with Gasteiger partial charge in [-0.25, -0.2) is 0 Å². The van der Waals surface area contributed by atoms with Gasteiger partial charge in [0.15, 0.2) is 0 Å². The maximum absolute atomic E-state index is 2.46. The molecule has 6 rings (SSSR count). The van der Waals surface area contributed by atoms with E-state index in [1.807, 2.05) is 0 Å². The zero-order chi connectivity index (χ0) is 27.1. The normalized spacial score (nSPS) is 14.4. The van der Waals surface area contributed by atoms with Gasteiger partial charge >= 0.3 is 0 Å². The maximum atomic E-state index is 2.46. The molecule has 0 fully saturated rings. The van der Waals surface area contributed by atoms with Crippen molar-refractivity contribution in [3.63, 3.8) is 0 Å². The molecule has 0 saturated heterocycles. The molecule has 1 aliphatic rings. The van der Waals surface area contributed by atoms with Gasteiger partial charge in [0, 0.05) is 42.3 Å². The van der Waals surface area contributed by atoms with Crippen LogP contribution in [0.2, 0.25) is 0 Å². The zero-order valence-electron chi connectivity index (χ0n) is 22.9. The van der Waals surface area contributed by atoms with E-state index in [2.05, 4.69) is 175 Å². The standard InChI is InChI=1S/C38H34N2/c1-39(35-17-9-4-10-18-35)38-19-11-12-30(28-38)29-40(36-24-20-33(21-25-36)31-13-5-2-6-14-31)37-26-22-34(23-27-37)32-15-7-3-8-16-32/h2-11,13-28,30H,12,29H2,1H3. The highest BCUT2D eigenvalue weighted by Gasteiger charge is 2.19. The number of anilines is 3. The van der Waals surface area contributed by atoms with Crippen LogP contribution in [-0.2, 0) is 0 Å². The number of benzene rings is 5. The first kappa shape index (κ1) is 25.5. The predicted octanol–water partition coefficient (Wildman–Crippen LogP) is 9.76. The quantitative estimate of drug-likeness (QED) is 0.202. The number of nitrogens with zero attached hydrogens (tertiary/aromatic N) is 2. The lowest BCUT2D eigenvalue weighted by Crippen LogP contribution is -2.26. The monoisotopic (exact) mass is 518 g/mol. The van der Waals surface area contributed by atoms with Crippen LogP contribution in [0.5, 0.6) is 0 Å². The van der Waals surface area contributed by atoms with E-state index in [4.69, 9.17) is 0 Å². The van der Waals surface area contributed by atoms with E-state index in [1.165, 1.54) is 45.0 Å². The summed E-state index contributed by atoms with van der Waals surface area (Å²) in [5.74, 6) is 0.383. The Bertz CT molecular complexity index is 1490. The second-order valence-corrected chi connectivity index (χ2v) is 10.3. The van der Waals surface area contributed by atoms with Gasteiger partial charge in [0.2, 0.25) is 0 Å². The highest BCUT2D eigenvalue weighted by atomic mass is 15.1. The van der Waals surface area contributed by atoms with Crippen LogP contribution in [0.15, 0.2) is 163 Å². The van der Waals surface area contributed by atoms with Crippen LogP contribution in [0.1, 0.15) is 6.42 Å². The number of allylic oxidation sites excluding steroid dienone is 2. The Hall–Kier alpha value is -4.82. The minimum Gasteiger partial charge on any atom is -0.345 e. The molecule has 0 aliphatic heterocycles. The third kappa shape index (κ3) is 5.77. The fourth-order valence-electron chi connectivity index (χ4n) is 5.40. The van der Waals surface area contributed by atoms with Gasteiger partial charge in [-0.15, -0.1) is 0 Å². The van der Waals surface area contributed by atoms with Crippen molar-refractivity contribution in [2.45, 2.75) is 6.42 Å². The maximum Gasteiger partial charge on any atom is 0.0411 e. The van der Waals surface area contributed by atoms with Crippen molar-refractivity contribution in [1.29, 1.82) is 0 Å². The number of likely N-dealkylation sites (N-methyl/N-ethyl adjacent to an activating group) is 1. The van der Waals surface area contributed by atoms with E-state index in [-0.39, 0.29) is 0 Å². The minimum atomic E-state index is 0.383. The van der Waals surface area contributed by atoms with Crippen molar-refractivity contribution in [2.75, 3.05) is 23.4 Å². The van der Waals surface area contributed by atoms with Crippen LogP contribution < -0.4 is 9.80 Å². The van der Waals surface area contributed by atoms with E-state index in [0.29, 0.717) is 5.92 Å². The second-order valence-electron chi connectivity index (χ2n) is 10.3. The van der Waals surface area contributed by atoms with Crippen molar-refractivity contribution >= 4 is 17.1 Å². The second kappa shape index (κ2) is 11.9. The van der Waals surface area contributed by atoms with Crippen LogP contribution in [0.3, 0.4) is 0 Å². The highest BCUT2D eigenvalue weighted by Crippen LogP contribution is 2.33. The first-order chi connectivity index (χ1) is 19.7. The van der Waals surface area contributed by atoms with Crippen molar-refractivity contribution in [1.82, 2.24) is 0 Å². The molecular weight excluding hydrogens is 484 g/mol. The first-order valence-electron chi connectivity index (χ1n) is 14.0. The Labute approximate surface area is 238 Å². The molecule has 0 N–H and O–H groups in total.